The molecule has 0 radical (unpaired) electrons. The molecule has 0 atom stereocenters. The maximum absolute atomic E-state index is 12.4. The Bertz CT molecular complexity index is 1050. The molecule has 0 unspecified atom stereocenters. The van der Waals surface area contributed by atoms with Gasteiger partial charge in [-0.2, -0.15) is 13.2 Å². The van der Waals surface area contributed by atoms with Crippen LogP contribution in [0.4, 0.5) is 30.4 Å². The number of hydrogen-bond acceptors (Lipinski definition) is 4. The Balaban J connectivity index is 0.000000461. The summed E-state index contributed by atoms with van der Waals surface area (Å²) in [4.78, 5) is 7.87. The topological polar surface area (TPSA) is 43.0 Å². The summed E-state index contributed by atoms with van der Waals surface area (Å²) in [5.41, 5.74) is 3.27. The Morgan fingerprint density at radius 2 is 1.87 bits per heavy atom. The largest absolute Gasteiger partial charge is 0.673 e. The zero-order chi connectivity index (χ0) is 22.1. The Labute approximate surface area is 170 Å². The van der Waals surface area contributed by atoms with Crippen LogP contribution in [0, 0.1) is 6.92 Å². The van der Waals surface area contributed by atoms with Gasteiger partial charge in [0.1, 0.15) is 11.4 Å². The summed E-state index contributed by atoms with van der Waals surface area (Å²) in [6.45, 7) is 0.456. The number of hydrogen-bond donors (Lipinski definition) is 1. The number of benzene rings is 1. The molecule has 0 amide bonds. The van der Waals surface area contributed by atoms with E-state index in [0.29, 0.717) is 17.3 Å². The first-order valence-electron chi connectivity index (χ1n) is 8.41. The van der Waals surface area contributed by atoms with Crippen LogP contribution < -0.4 is 14.1 Å². The molecule has 14 heteroatoms. The summed E-state index contributed by atoms with van der Waals surface area (Å²) in [6.07, 6.45) is -2.67. The van der Waals surface area contributed by atoms with Gasteiger partial charge in [0.15, 0.2) is 17.6 Å². The van der Waals surface area contributed by atoms with Crippen molar-refractivity contribution in [2.45, 2.75) is 18.9 Å². The number of imidazole rings is 1. The number of rotatable bonds is 2. The van der Waals surface area contributed by atoms with Crippen LogP contribution in [-0.4, -0.2) is 29.7 Å². The van der Waals surface area contributed by atoms with E-state index in [0.717, 1.165) is 16.7 Å². The van der Waals surface area contributed by atoms with Crippen LogP contribution in [0.15, 0.2) is 36.5 Å². The van der Waals surface area contributed by atoms with Gasteiger partial charge in [-0.1, -0.05) is 17.1 Å². The number of pyridine rings is 1. The normalized spacial score (nSPS) is 13.5. The highest BCUT2D eigenvalue weighted by molar-refractivity contribution is 7.99. The van der Waals surface area contributed by atoms with Gasteiger partial charge in [0.2, 0.25) is 0 Å². The number of aromatic nitrogens is 3. The number of alkyl halides is 3. The third-order valence-corrected chi connectivity index (χ3v) is 4.71. The van der Waals surface area contributed by atoms with E-state index in [-0.39, 0.29) is 5.75 Å². The van der Waals surface area contributed by atoms with Crippen molar-refractivity contribution in [1.29, 1.82) is 0 Å². The molecular weight excluding hydrogens is 440 g/mol. The lowest BCUT2D eigenvalue weighted by Crippen LogP contribution is -2.38. The molecule has 0 spiro atoms. The predicted molar refractivity (Wildman–Crippen MR) is 98.4 cm³/mol. The number of ether oxygens (including phenoxy) is 1. The first-order chi connectivity index (χ1) is 13.9. The lowest BCUT2D eigenvalue weighted by Gasteiger charge is -2.14. The summed E-state index contributed by atoms with van der Waals surface area (Å²) in [7, 11) is -6.00. The average Bonchev–Trinajstić information content (AvgIpc) is 2.88. The van der Waals surface area contributed by atoms with Crippen molar-refractivity contribution in [2.75, 3.05) is 11.4 Å². The van der Waals surface area contributed by atoms with Crippen LogP contribution >= 0.6 is 11.9 Å². The summed E-state index contributed by atoms with van der Waals surface area (Å²) in [5.74, 6) is 1.45. The summed E-state index contributed by atoms with van der Waals surface area (Å²) in [5, 5.41) is 0. The quantitative estimate of drug-likeness (QED) is 0.267. The molecule has 0 saturated carbocycles. The van der Waals surface area contributed by atoms with Crippen LogP contribution in [0.3, 0.4) is 0 Å². The second-order valence-electron chi connectivity index (χ2n) is 6.14. The number of halogens is 7. The van der Waals surface area contributed by atoms with E-state index in [4.69, 9.17) is 4.74 Å². The highest BCUT2D eigenvalue weighted by Gasteiger charge is 2.31. The maximum atomic E-state index is 12.4. The summed E-state index contributed by atoms with van der Waals surface area (Å²) < 4.78 is 85.0. The molecule has 2 aromatic heterocycles. The van der Waals surface area contributed by atoms with Crippen LogP contribution in [-0.2, 0) is 5.75 Å². The van der Waals surface area contributed by atoms with Crippen LogP contribution in [0.2, 0.25) is 0 Å². The Morgan fingerprint density at radius 1 is 1.20 bits per heavy atom. The van der Waals surface area contributed by atoms with Crippen LogP contribution in [0.5, 0.6) is 5.75 Å². The van der Waals surface area contributed by atoms with Gasteiger partial charge >= 0.3 is 19.4 Å². The van der Waals surface area contributed by atoms with Gasteiger partial charge in [-0.15, -0.1) is 4.68 Å². The van der Waals surface area contributed by atoms with Crippen molar-refractivity contribution in [3.8, 4) is 11.7 Å². The fraction of sp³-hybridized carbons (Fsp3) is 0.250. The average molecular weight is 454 g/mol. The second-order valence-corrected chi connectivity index (χ2v) is 6.90. The van der Waals surface area contributed by atoms with Crippen molar-refractivity contribution in [3.05, 3.63) is 47.8 Å². The van der Waals surface area contributed by atoms with Crippen molar-refractivity contribution < 1.29 is 39.7 Å². The van der Waals surface area contributed by atoms with Gasteiger partial charge in [-0.05, 0) is 31.0 Å². The van der Waals surface area contributed by atoms with Gasteiger partial charge in [0.25, 0.3) is 0 Å². The third-order valence-electron chi connectivity index (χ3n) is 3.98. The standard InChI is InChI=1S/C16H14F3N4OS.BF4/c1-10-13-8-25-21-23-12-5-3-2-4-11(12)20-15(23)22(13)7-6-14(10)24-9-16(17,18)19;2-1(3,4)5/h2-7,21H,8-9H2,1H3;/q+1;-1. The molecule has 4 rings (SSSR count). The molecule has 0 saturated heterocycles. The van der Waals surface area contributed by atoms with Crippen molar-refractivity contribution in [1.82, 2.24) is 9.66 Å². The molecule has 162 valence electrons. The van der Waals surface area contributed by atoms with Crippen molar-refractivity contribution in [3.63, 3.8) is 0 Å². The molecule has 1 N–H and O–H groups in total. The van der Waals surface area contributed by atoms with Crippen molar-refractivity contribution in [2.24, 2.45) is 0 Å². The molecule has 1 aliphatic heterocycles. The van der Waals surface area contributed by atoms with E-state index < -0.39 is 20.0 Å². The lowest BCUT2D eigenvalue weighted by molar-refractivity contribution is -0.612. The van der Waals surface area contributed by atoms with Crippen LogP contribution in [0.25, 0.3) is 17.0 Å². The van der Waals surface area contributed by atoms with E-state index in [2.05, 4.69) is 9.82 Å². The molecule has 5 nitrogen and oxygen atoms in total. The molecule has 1 aromatic carbocycles. The van der Waals surface area contributed by atoms with E-state index in [1.807, 2.05) is 33.5 Å². The monoisotopic (exact) mass is 454 g/mol. The first-order valence-corrected chi connectivity index (χ1v) is 9.39. The Kier molecular flexibility index (Phi) is 6.06. The minimum atomic E-state index is -6.00. The number of fused-ring (bicyclic) bond motifs is 5. The zero-order valence-corrected chi connectivity index (χ0v) is 16.1. The fourth-order valence-corrected chi connectivity index (χ4v) is 3.66. The molecule has 3 aromatic rings. The first kappa shape index (κ1) is 22.1. The van der Waals surface area contributed by atoms with E-state index in [1.54, 1.807) is 19.2 Å². The summed E-state index contributed by atoms with van der Waals surface area (Å²) in [6, 6.07) is 9.26. The zero-order valence-electron chi connectivity index (χ0n) is 15.3. The van der Waals surface area contributed by atoms with E-state index in [1.165, 1.54) is 11.9 Å². The minimum Gasteiger partial charge on any atom is -0.484 e. The maximum Gasteiger partial charge on any atom is 0.673 e. The number of nitrogens with zero attached hydrogens (tertiary/aromatic N) is 3. The third kappa shape index (κ3) is 5.29. The Hall–Kier alpha value is -2.64. The summed E-state index contributed by atoms with van der Waals surface area (Å²) >= 11 is 1.44. The van der Waals surface area contributed by atoms with Gasteiger partial charge in [0, 0.05) is 11.6 Å². The number of nitrogens with one attached hydrogen (secondary N) is 1. The molecule has 0 bridgehead atoms. The molecule has 0 aliphatic carbocycles. The fourth-order valence-electron chi connectivity index (χ4n) is 2.79. The highest BCUT2D eigenvalue weighted by atomic mass is 32.2. The SMILES string of the molecule is Cc1c(OCC(F)(F)F)cc[n+]2c1CSNn1c-2nc2ccccc21.F[B-](F)(F)F. The van der Waals surface area contributed by atoms with Gasteiger partial charge in [0.05, 0.1) is 11.9 Å². The smallest absolute Gasteiger partial charge is 0.484 e. The molecular formula is C16H14BF7N4OS. The van der Waals surface area contributed by atoms with E-state index >= 15 is 0 Å². The number of para-hydroxylation sites is 2. The Morgan fingerprint density at radius 3 is 2.53 bits per heavy atom. The molecule has 3 heterocycles. The minimum absolute atomic E-state index is 0.230. The lowest BCUT2D eigenvalue weighted by atomic mass is 10.2. The van der Waals surface area contributed by atoms with E-state index in [9.17, 15) is 30.4 Å². The van der Waals surface area contributed by atoms with Gasteiger partial charge in [-0.25, -0.2) is 9.40 Å². The van der Waals surface area contributed by atoms with Gasteiger partial charge < -0.3 is 22.0 Å². The highest BCUT2D eigenvalue weighted by Crippen LogP contribution is 2.27. The van der Waals surface area contributed by atoms with Crippen molar-refractivity contribution >= 4 is 30.2 Å². The molecule has 30 heavy (non-hydrogen) atoms. The molecule has 1 aliphatic rings. The van der Waals surface area contributed by atoms with Crippen LogP contribution in [0.1, 0.15) is 11.3 Å². The second kappa shape index (κ2) is 8.24. The predicted octanol–water partition coefficient (Wildman–Crippen LogP) is 4.57. The molecule has 0 fully saturated rings. The van der Waals surface area contributed by atoms with Gasteiger partial charge in [-0.3, -0.25) is 0 Å².